The summed E-state index contributed by atoms with van der Waals surface area (Å²) in [5, 5.41) is 4.08. The van der Waals surface area contributed by atoms with Crippen molar-refractivity contribution in [2.24, 2.45) is 0 Å². The number of hydrogen-bond acceptors (Lipinski definition) is 2. The molecular weight excluding hydrogens is 301 g/mol. The zero-order valence-electron chi connectivity index (χ0n) is 12.4. The van der Waals surface area contributed by atoms with Crippen LogP contribution in [0.4, 0.5) is 18.9 Å². The van der Waals surface area contributed by atoms with Crippen LogP contribution in [0.15, 0.2) is 54.7 Å². The zero-order valence-corrected chi connectivity index (χ0v) is 12.4. The van der Waals surface area contributed by atoms with Gasteiger partial charge in [-0.1, -0.05) is 36.4 Å². The molecule has 1 atom stereocenters. The van der Waals surface area contributed by atoms with Crippen LogP contribution in [0.1, 0.15) is 30.5 Å². The minimum Gasteiger partial charge on any atom is -0.378 e. The standard InChI is InChI=1S/C18H15F3N2/c1-11(12-6-4-7-14(17(12)19)18(20)21)23-16-9-10-22-15-8-3-2-5-13(15)16/h2-11,18H,1H3,(H,22,23)/t11-/m1/s1. The van der Waals surface area contributed by atoms with E-state index in [1.165, 1.54) is 12.1 Å². The van der Waals surface area contributed by atoms with Gasteiger partial charge >= 0.3 is 0 Å². The normalized spacial score (nSPS) is 12.6. The molecule has 3 rings (SSSR count). The average molecular weight is 316 g/mol. The van der Waals surface area contributed by atoms with Crippen LogP contribution < -0.4 is 5.32 Å². The second-order valence-electron chi connectivity index (χ2n) is 5.29. The number of fused-ring (bicyclic) bond motifs is 1. The second-order valence-corrected chi connectivity index (χ2v) is 5.29. The molecule has 3 aromatic rings. The molecule has 118 valence electrons. The fraction of sp³-hybridized carbons (Fsp3) is 0.167. The monoisotopic (exact) mass is 316 g/mol. The maximum Gasteiger partial charge on any atom is 0.266 e. The number of halogens is 3. The van der Waals surface area contributed by atoms with E-state index in [0.717, 1.165) is 22.7 Å². The SMILES string of the molecule is C[C@@H](Nc1ccnc2ccccc12)c1cccc(C(F)F)c1F. The van der Waals surface area contributed by atoms with E-state index < -0.39 is 23.8 Å². The van der Waals surface area contributed by atoms with Crippen LogP contribution in [0.25, 0.3) is 10.9 Å². The van der Waals surface area contributed by atoms with Crippen molar-refractivity contribution < 1.29 is 13.2 Å². The van der Waals surface area contributed by atoms with Gasteiger partial charge in [-0.15, -0.1) is 0 Å². The fourth-order valence-corrected chi connectivity index (χ4v) is 2.60. The largest absolute Gasteiger partial charge is 0.378 e. The number of nitrogens with one attached hydrogen (secondary N) is 1. The fourth-order valence-electron chi connectivity index (χ4n) is 2.60. The number of alkyl halides is 2. The lowest BCUT2D eigenvalue weighted by Crippen LogP contribution is -2.10. The van der Waals surface area contributed by atoms with Crippen molar-refractivity contribution >= 4 is 16.6 Å². The molecule has 0 spiro atoms. The minimum atomic E-state index is -2.83. The van der Waals surface area contributed by atoms with Gasteiger partial charge in [-0.25, -0.2) is 13.2 Å². The van der Waals surface area contributed by atoms with Crippen LogP contribution >= 0.6 is 0 Å². The molecular formula is C18H15F3N2. The molecule has 1 aromatic heterocycles. The molecule has 0 aliphatic heterocycles. The molecule has 0 bridgehead atoms. The Balaban J connectivity index is 1.95. The molecule has 1 N–H and O–H groups in total. The highest BCUT2D eigenvalue weighted by molar-refractivity contribution is 5.91. The van der Waals surface area contributed by atoms with E-state index in [0.29, 0.717) is 0 Å². The number of hydrogen-bond donors (Lipinski definition) is 1. The third kappa shape index (κ3) is 2.99. The number of benzene rings is 2. The molecule has 0 fully saturated rings. The number of aromatic nitrogens is 1. The van der Waals surface area contributed by atoms with E-state index in [2.05, 4.69) is 10.3 Å². The Morgan fingerprint density at radius 1 is 0.957 bits per heavy atom. The summed E-state index contributed by atoms with van der Waals surface area (Å²) in [5.41, 5.74) is 1.23. The van der Waals surface area contributed by atoms with Crippen LogP contribution in [0.3, 0.4) is 0 Å². The van der Waals surface area contributed by atoms with Gasteiger partial charge in [-0.2, -0.15) is 0 Å². The maximum atomic E-state index is 14.3. The Morgan fingerprint density at radius 2 is 1.70 bits per heavy atom. The number of pyridine rings is 1. The van der Waals surface area contributed by atoms with E-state index in [4.69, 9.17) is 0 Å². The summed E-state index contributed by atoms with van der Waals surface area (Å²) < 4.78 is 39.9. The molecule has 0 aliphatic carbocycles. The highest BCUT2D eigenvalue weighted by Gasteiger charge is 2.19. The predicted octanol–water partition coefficient (Wildman–Crippen LogP) is 5.48. The molecule has 0 saturated carbocycles. The van der Waals surface area contributed by atoms with Crippen molar-refractivity contribution in [3.8, 4) is 0 Å². The van der Waals surface area contributed by atoms with Gasteiger partial charge in [0.15, 0.2) is 0 Å². The Labute approximate surface area is 132 Å². The predicted molar refractivity (Wildman–Crippen MR) is 85.1 cm³/mol. The van der Waals surface area contributed by atoms with Gasteiger partial charge in [0.2, 0.25) is 0 Å². The third-order valence-electron chi connectivity index (χ3n) is 3.78. The quantitative estimate of drug-likeness (QED) is 0.689. The summed E-state index contributed by atoms with van der Waals surface area (Å²) in [5.74, 6) is -0.860. The number of para-hydroxylation sites is 1. The number of nitrogens with zero attached hydrogens (tertiary/aromatic N) is 1. The minimum absolute atomic E-state index is 0.212. The summed E-state index contributed by atoms with van der Waals surface area (Å²) >= 11 is 0. The van der Waals surface area contributed by atoms with E-state index in [-0.39, 0.29) is 5.56 Å². The Hall–Kier alpha value is -2.56. The topological polar surface area (TPSA) is 24.9 Å². The van der Waals surface area contributed by atoms with Gasteiger partial charge in [-0.3, -0.25) is 4.98 Å². The molecule has 2 aromatic carbocycles. The molecule has 5 heteroatoms. The third-order valence-corrected chi connectivity index (χ3v) is 3.78. The first-order valence-electron chi connectivity index (χ1n) is 7.24. The molecule has 0 amide bonds. The van der Waals surface area contributed by atoms with E-state index in [1.807, 2.05) is 24.3 Å². The van der Waals surface area contributed by atoms with Crippen molar-refractivity contribution in [1.82, 2.24) is 4.98 Å². The van der Waals surface area contributed by atoms with Crippen LogP contribution in [0.5, 0.6) is 0 Å². The molecule has 0 aliphatic rings. The molecule has 2 nitrogen and oxygen atoms in total. The van der Waals surface area contributed by atoms with Crippen LogP contribution in [-0.4, -0.2) is 4.98 Å². The molecule has 0 radical (unpaired) electrons. The number of anilines is 1. The number of rotatable bonds is 4. The van der Waals surface area contributed by atoms with E-state index in [9.17, 15) is 13.2 Å². The van der Waals surface area contributed by atoms with Crippen molar-refractivity contribution in [2.45, 2.75) is 19.4 Å². The lowest BCUT2D eigenvalue weighted by Gasteiger charge is -2.19. The highest BCUT2D eigenvalue weighted by atomic mass is 19.3. The smallest absolute Gasteiger partial charge is 0.266 e. The van der Waals surface area contributed by atoms with E-state index in [1.54, 1.807) is 19.2 Å². The summed E-state index contributed by atoms with van der Waals surface area (Å²) in [6, 6.07) is 13.0. The van der Waals surface area contributed by atoms with Gasteiger partial charge in [0, 0.05) is 22.8 Å². The van der Waals surface area contributed by atoms with Crippen molar-refractivity contribution in [2.75, 3.05) is 5.32 Å². The maximum absolute atomic E-state index is 14.3. The van der Waals surface area contributed by atoms with Gasteiger partial charge in [-0.05, 0) is 19.1 Å². The van der Waals surface area contributed by atoms with Crippen LogP contribution in [0, 0.1) is 5.82 Å². The molecule has 0 saturated heterocycles. The van der Waals surface area contributed by atoms with Crippen molar-refractivity contribution in [1.29, 1.82) is 0 Å². The van der Waals surface area contributed by atoms with Crippen LogP contribution in [0.2, 0.25) is 0 Å². The Morgan fingerprint density at radius 3 is 2.48 bits per heavy atom. The lowest BCUT2D eigenvalue weighted by molar-refractivity contribution is 0.146. The van der Waals surface area contributed by atoms with Gasteiger partial charge in [0.05, 0.1) is 17.1 Å². The summed E-state index contributed by atoms with van der Waals surface area (Å²) in [6.07, 6.45) is -1.17. The molecule has 23 heavy (non-hydrogen) atoms. The van der Waals surface area contributed by atoms with Gasteiger partial charge in [0.25, 0.3) is 6.43 Å². The Bertz CT molecular complexity index is 828. The lowest BCUT2D eigenvalue weighted by atomic mass is 10.0. The first kappa shape index (κ1) is 15.3. The highest BCUT2D eigenvalue weighted by Crippen LogP contribution is 2.30. The molecule has 0 unspecified atom stereocenters. The first-order valence-corrected chi connectivity index (χ1v) is 7.24. The van der Waals surface area contributed by atoms with Crippen molar-refractivity contribution in [3.63, 3.8) is 0 Å². The van der Waals surface area contributed by atoms with Crippen LogP contribution in [-0.2, 0) is 0 Å². The zero-order chi connectivity index (χ0) is 16.4. The van der Waals surface area contributed by atoms with Gasteiger partial charge in [0.1, 0.15) is 5.82 Å². The van der Waals surface area contributed by atoms with Gasteiger partial charge < -0.3 is 5.32 Å². The summed E-state index contributed by atoms with van der Waals surface area (Å²) in [4.78, 5) is 4.26. The van der Waals surface area contributed by atoms with E-state index >= 15 is 0 Å². The summed E-state index contributed by atoms with van der Waals surface area (Å²) in [7, 11) is 0. The average Bonchev–Trinajstić information content (AvgIpc) is 2.55. The second kappa shape index (κ2) is 6.28. The Kier molecular flexibility index (Phi) is 4.19. The molecule has 1 heterocycles. The van der Waals surface area contributed by atoms with Crippen molar-refractivity contribution in [3.05, 3.63) is 71.7 Å². The summed E-state index contributed by atoms with van der Waals surface area (Å²) in [6.45, 7) is 1.74. The first-order chi connectivity index (χ1) is 11.1.